The smallest absolute Gasteiger partial charge is 0.261 e. The van der Waals surface area contributed by atoms with Crippen LogP contribution in [0.1, 0.15) is 16.8 Å². The van der Waals surface area contributed by atoms with Crippen LogP contribution in [0.4, 0.5) is 41.3 Å². The van der Waals surface area contributed by atoms with Gasteiger partial charge in [0.25, 0.3) is 5.91 Å². The number of nitrogens with two attached hydrogens (primary N) is 1. The number of benzene rings is 3. The molecule has 232 valence electrons. The van der Waals surface area contributed by atoms with E-state index in [-0.39, 0.29) is 11.5 Å². The van der Waals surface area contributed by atoms with Gasteiger partial charge in [0.1, 0.15) is 17.5 Å². The Morgan fingerprint density at radius 1 is 0.956 bits per heavy atom. The van der Waals surface area contributed by atoms with Gasteiger partial charge in [-0.1, -0.05) is 23.5 Å². The Labute approximate surface area is 262 Å². The summed E-state index contributed by atoms with van der Waals surface area (Å²) in [6.07, 6.45) is 2.45. The largest absolute Gasteiger partial charge is 0.383 e. The number of amides is 1. The van der Waals surface area contributed by atoms with Crippen molar-refractivity contribution >= 4 is 45.4 Å². The molecule has 1 amide bonds. The van der Waals surface area contributed by atoms with Crippen molar-refractivity contribution in [2.24, 2.45) is 0 Å². The summed E-state index contributed by atoms with van der Waals surface area (Å²) >= 11 is 1.22. The first-order chi connectivity index (χ1) is 21.6. The summed E-state index contributed by atoms with van der Waals surface area (Å²) in [7, 11) is 5.46. The molecule has 5 rings (SSSR count). The third-order valence-electron chi connectivity index (χ3n) is 6.83. The van der Waals surface area contributed by atoms with Crippen LogP contribution in [0.15, 0.2) is 72.9 Å². The molecule has 2 heterocycles. The standard InChI is InChI=1S/C32H31F3N8OS/c1-42(2)15-5-13-37-26-11-9-21(18-25(26)35)39-32-38-14-12-27(40-32)29-28(41-31(36)45-29)19-6-4-7-22(16-19)43(3)30(44)23-17-20(33)8-10-24(23)34/h4,6-12,14,16-18,37H,5,13,15H2,1-3H3,(H2,36,41)(H,38,39,40). The van der Waals surface area contributed by atoms with Gasteiger partial charge in [-0.2, -0.15) is 0 Å². The summed E-state index contributed by atoms with van der Waals surface area (Å²) in [5.74, 6) is -2.40. The van der Waals surface area contributed by atoms with Crippen LogP contribution < -0.4 is 21.3 Å². The number of hydrogen-bond acceptors (Lipinski definition) is 9. The van der Waals surface area contributed by atoms with Gasteiger partial charge in [-0.05, 0) is 81.7 Å². The van der Waals surface area contributed by atoms with Crippen LogP contribution >= 0.6 is 11.3 Å². The van der Waals surface area contributed by atoms with Gasteiger partial charge in [0.2, 0.25) is 5.95 Å². The van der Waals surface area contributed by atoms with Crippen LogP contribution in [0.25, 0.3) is 21.8 Å². The molecule has 9 nitrogen and oxygen atoms in total. The lowest BCUT2D eigenvalue weighted by atomic mass is 10.1. The molecule has 0 bridgehead atoms. The first kappa shape index (κ1) is 31.4. The summed E-state index contributed by atoms with van der Waals surface area (Å²) in [5.41, 5.74) is 8.71. The lowest BCUT2D eigenvalue weighted by Crippen LogP contribution is -2.27. The maximum atomic E-state index is 14.8. The second kappa shape index (κ2) is 13.7. The van der Waals surface area contributed by atoms with Crippen LogP contribution in [0.3, 0.4) is 0 Å². The third kappa shape index (κ3) is 7.56. The number of nitrogen functional groups attached to an aromatic ring is 1. The highest BCUT2D eigenvalue weighted by Gasteiger charge is 2.21. The lowest BCUT2D eigenvalue weighted by molar-refractivity contribution is 0.0988. The van der Waals surface area contributed by atoms with Crippen LogP contribution in [0, 0.1) is 17.5 Å². The molecule has 0 spiro atoms. The Hall–Kier alpha value is -5.01. The van der Waals surface area contributed by atoms with Gasteiger partial charge >= 0.3 is 0 Å². The van der Waals surface area contributed by atoms with Gasteiger partial charge in [0.15, 0.2) is 5.13 Å². The van der Waals surface area contributed by atoms with E-state index in [0.717, 1.165) is 31.2 Å². The van der Waals surface area contributed by atoms with Crippen molar-refractivity contribution in [3.63, 3.8) is 0 Å². The zero-order chi connectivity index (χ0) is 32.1. The minimum Gasteiger partial charge on any atom is -0.383 e. The minimum atomic E-state index is -0.821. The molecule has 0 fully saturated rings. The molecular formula is C32H31F3N8OS. The minimum absolute atomic E-state index is 0.243. The number of aromatic nitrogens is 3. The first-order valence-electron chi connectivity index (χ1n) is 14.0. The molecule has 4 N–H and O–H groups in total. The highest BCUT2D eigenvalue weighted by molar-refractivity contribution is 7.19. The van der Waals surface area contributed by atoms with E-state index in [4.69, 9.17) is 5.73 Å². The van der Waals surface area contributed by atoms with Crippen LogP contribution in [-0.4, -0.2) is 60.0 Å². The first-order valence-corrected chi connectivity index (χ1v) is 14.8. The molecule has 0 unspecified atom stereocenters. The number of thiazole rings is 1. The van der Waals surface area contributed by atoms with Crippen molar-refractivity contribution in [3.8, 4) is 21.8 Å². The van der Waals surface area contributed by atoms with E-state index in [1.54, 1.807) is 48.7 Å². The van der Waals surface area contributed by atoms with Gasteiger partial charge in [0, 0.05) is 36.7 Å². The number of hydrogen-bond donors (Lipinski definition) is 3. The zero-order valence-corrected chi connectivity index (χ0v) is 25.6. The molecule has 0 saturated heterocycles. The number of rotatable bonds is 11. The Bertz CT molecular complexity index is 1830. The van der Waals surface area contributed by atoms with Gasteiger partial charge in [-0.15, -0.1) is 0 Å². The van der Waals surface area contributed by atoms with Gasteiger partial charge < -0.3 is 26.2 Å². The fourth-order valence-corrected chi connectivity index (χ4v) is 5.38. The molecule has 45 heavy (non-hydrogen) atoms. The van der Waals surface area contributed by atoms with Crippen molar-refractivity contribution in [1.29, 1.82) is 0 Å². The van der Waals surface area contributed by atoms with Gasteiger partial charge in [-0.25, -0.2) is 28.1 Å². The van der Waals surface area contributed by atoms with Crippen molar-refractivity contribution in [1.82, 2.24) is 19.9 Å². The van der Waals surface area contributed by atoms with E-state index >= 15 is 0 Å². The number of nitrogens with one attached hydrogen (secondary N) is 2. The molecular weight excluding hydrogens is 601 g/mol. The van der Waals surface area contributed by atoms with E-state index in [9.17, 15) is 18.0 Å². The Morgan fingerprint density at radius 2 is 1.78 bits per heavy atom. The Balaban J connectivity index is 1.36. The van der Waals surface area contributed by atoms with Crippen LogP contribution in [-0.2, 0) is 0 Å². The predicted octanol–water partition coefficient (Wildman–Crippen LogP) is 6.65. The fraction of sp³-hybridized carbons (Fsp3) is 0.188. The Kier molecular flexibility index (Phi) is 9.59. The van der Waals surface area contributed by atoms with Crippen molar-refractivity contribution in [2.75, 3.05) is 55.5 Å². The van der Waals surface area contributed by atoms with E-state index in [2.05, 4.69) is 30.5 Å². The molecule has 13 heteroatoms. The average Bonchev–Trinajstić information content (AvgIpc) is 3.42. The molecule has 0 aliphatic heterocycles. The quantitative estimate of drug-likeness (QED) is 0.139. The zero-order valence-electron chi connectivity index (χ0n) is 24.8. The van der Waals surface area contributed by atoms with Crippen molar-refractivity contribution in [2.45, 2.75) is 6.42 Å². The molecule has 0 aliphatic rings. The fourth-order valence-electron chi connectivity index (χ4n) is 4.56. The molecule has 5 aromatic rings. The third-order valence-corrected chi connectivity index (χ3v) is 7.73. The number of halogens is 3. The normalized spacial score (nSPS) is 11.1. The SMILES string of the molecule is CN(C)CCCNc1ccc(Nc2nccc(-c3sc(N)nc3-c3cccc(N(C)C(=O)c4cc(F)ccc4F)c3)n2)cc1F. The van der Waals surface area contributed by atoms with Crippen molar-refractivity contribution in [3.05, 3.63) is 95.9 Å². The molecule has 0 atom stereocenters. The average molecular weight is 633 g/mol. The molecule has 2 aromatic heterocycles. The number of carbonyl (C=O) groups excluding carboxylic acids is 1. The summed E-state index contributed by atoms with van der Waals surface area (Å²) < 4.78 is 42.8. The van der Waals surface area contributed by atoms with Crippen LogP contribution in [0.2, 0.25) is 0 Å². The van der Waals surface area contributed by atoms with Gasteiger partial charge in [0.05, 0.1) is 27.5 Å². The molecule has 0 saturated carbocycles. The molecule has 0 radical (unpaired) electrons. The molecule has 3 aromatic carbocycles. The Morgan fingerprint density at radius 3 is 2.56 bits per heavy atom. The van der Waals surface area contributed by atoms with E-state index in [0.29, 0.717) is 50.6 Å². The summed E-state index contributed by atoms with van der Waals surface area (Å²) in [4.78, 5) is 30.3. The monoisotopic (exact) mass is 632 g/mol. The topological polar surface area (TPSA) is 112 Å². The van der Waals surface area contributed by atoms with Crippen LogP contribution in [0.5, 0.6) is 0 Å². The number of nitrogens with zero attached hydrogens (tertiary/aromatic N) is 5. The summed E-state index contributed by atoms with van der Waals surface area (Å²) in [6.45, 7) is 1.55. The van der Waals surface area contributed by atoms with E-state index in [1.807, 2.05) is 14.1 Å². The maximum absolute atomic E-state index is 14.8. The highest BCUT2D eigenvalue weighted by atomic mass is 32.1. The van der Waals surface area contributed by atoms with E-state index < -0.39 is 23.4 Å². The number of anilines is 5. The summed E-state index contributed by atoms with van der Waals surface area (Å²) in [6, 6.07) is 16.1. The van der Waals surface area contributed by atoms with Gasteiger partial charge in [-0.3, -0.25) is 4.79 Å². The lowest BCUT2D eigenvalue weighted by Gasteiger charge is -2.18. The second-order valence-electron chi connectivity index (χ2n) is 10.4. The van der Waals surface area contributed by atoms with E-state index in [1.165, 1.54) is 29.4 Å². The predicted molar refractivity (Wildman–Crippen MR) is 173 cm³/mol. The molecule has 0 aliphatic carbocycles. The van der Waals surface area contributed by atoms with Crippen molar-refractivity contribution < 1.29 is 18.0 Å². The summed E-state index contributed by atoms with van der Waals surface area (Å²) in [5, 5.41) is 6.45. The number of carbonyl (C=O) groups is 1. The highest BCUT2D eigenvalue weighted by Crippen LogP contribution is 2.38. The maximum Gasteiger partial charge on any atom is 0.261 e. The second-order valence-corrected chi connectivity index (χ2v) is 11.5.